The SMILES string of the molecule is CNC(Cc1ccccc1S(=O)(=O)N(C)C)C(C)(C)C. The van der Waals surface area contributed by atoms with Gasteiger partial charge in [-0.25, -0.2) is 12.7 Å². The fraction of sp³-hybridized carbons (Fsp3) is 0.600. The van der Waals surface area contributed by atoms with Gasteiger partial charge in [0, 0.05) is 20.1 Å². The van der Waals surface area contributed by atoms with Crippen molar-refractivity contribution in [2.45, 2.75) is 38.1 Å². The molecule has 0 fully saturated rings. The monoisotopic (exact) mass is 298 g/mol. The largest absolute Gasteiger partial charge is 0.316 e. The summed E-state index contributed by atoms with van der Waals surface area (Å²) in [7, 11) is 1.64. The van der Waals surface area contributed by atoms with E-state index >= 15 is 0 Å². The van der Waals surface area contributed by atoms with Crippen LogP contribution in [-0.2, 0) is 16.4 Å². The summed E-state index contributed by atoms with van der Waals surface area (Å²) in [6.45, 7) is 6.45. The second kappa shape index (κ2) is 6.24. The lowest BCUT2D eigenvalue weighted by molar-refractivity contribution is 0.279. The van der Waals surface area contributed by atoms with Crippen LogP contribution in [0.3, 0.4) is 0 Å². The molecule has 0 bridgehead atoms. The van der Waals surface area contributed by atoms with Crippen molar-refractivity contribution in [3.8, 4) is 0 Å². The predicted octanol–water partition coefficient (Wildman–Crippen LogP) is 2.11. The summed E-state index contributed by atoms with van der Waals surface area (Å²) in [6, 6.07) is 7.44. The van der Waals surface area contributed by atoms with Crippen LogP contribution in [-0.4, -0.2) is 39.9 Å². The van der Waals surface area contributed by atoms with E-state index in [1.807, 2.05) is 19.2 Å². The maximum absolute atomic E-state index is 12.4. The molecule has 1 atom stereocenters. The van der Waals surface area contributed by atoms with E-state index in [0.717, 1.165) is 5.56 Å². The van der Waals surface area contributed by atoms with Crippen LogP contribution in [0.25, 0.3) is 0 Å². The van der Waals surface area contributed by atoms with Gasteiger partial charge < -0.3 is 5.32 Å². The number of nitrogens with one attached hydrogen (secondary N) is 1. The molecule has 0 saturated carbocycles. The number of rotatable bonds is 5. The van der Waals surface area contributed by atoms with E-state index in [2.05, 4.69) is 26.1 Å². The molecule has 0 aliphatic rings. The highest BCUT2D eigenvalue weighted by Crippen LogP contribution is 2.26. The highest BCUT2D eigenvalue weighted by atomic mass is 32.2. The van der Waals surface area contributed by atoms with Crippen molar-refractivity contribution in [1.29, 1.82) is 0 Å². The Morgan fingerprint density at radius 3 is 2.20 bits per heavy atom. The molecule has 1 rings (SSSR count). The van der Waals surface area contributed by atoms with Gasteiger partial charge in [-0.3, -0.25) is 0 Å². The van der Waals surface area contributed by atoms with Gasteiger partial charge in [0.15, 0.2) is 0 Å². The third-order valence-corrected chi connectivity index (χ3v) is 5.46. The molecular weight excluding hydrogens is 272 g/mol. The summed E-state index contributed by atoms with van der Waals surface area (Å²) in [4.78, 5) is 0.398. The fourth-order valence-corrected chi connectivity index (χ4v) is 3.31. The van der Waals surface area contributed by atoms with Gasteiger partial charge in [-0.1, -0.05) is 39.0 Å². The van der Waals surface area contributed by atoms with E-state index in [0.29, 0.717) is 11.3 Å². The zero-order valence-corrected chi connectivity index (χ0v) is 14.1. The van der Waals surface area contributed by atoms with Gasteiger partial charge in [-0.2, -0.15) is 0 Å². The standard InChI is InChI=1S/C15H26N2O2S/c1-15(2,3)14(16-4)11-12-9-7-8-10-13(12)20(18,19)17(5)6/h7-10,14,16H,11H2,1-6H3. The van der Waals surface area contributed by atoms with Crippen molar-refractivity contribution in [3.05, 3.63) is 29.8 Å². The quantitative estimate of drug-likeness (QED) is 0.906. The maximum atomic E-state index is 12.4. The molecule has 5 heteroatoms. The van der Waals surface area contributed by atoms with E-state index in [-0.39, 0.29) is 11.5 Å². The molecule has 1 unspecified atom stereocenters. The molecule has 1 N–H and O–H groups in total. The number of benzene rings is 1. The molecule has 0 amide bonds. The van der Waals surface area contributed by atoms with Crippen LogP contribution in [0.15, 0.2) is 29.2 Å². The van der Waals surface area contributed by atoms with Crippen LogP contribution in [0.4, 0.5) is 0 Å². The number of likely N-dealkylation sites (N-methyl/N-ethyl adjacent to an activating group) is 1. The van der Waals surface area contributed by atoms with E-state index < -0.39 is 10.0 Å². The molecule has 0 aliphatic carbocycles. The number of sulfonamides is 1. The number of nitrogens with zero attached hydrogens (tertiary/aromatic N) is 1. The van der Waals surface area contributed by atoms with Crippen LogP contribution in [0.2, 0.25) is 0 Å². The molecule has 0 spiro atoms. The lowest BCUT2D eigenvalue weighted by atomic mass is 9.83. The molecule has 0 aromatic heterocycles. The predicted molar refractivity (Wildman–Crippen MR) is 83.3 cm³/mol. The number of hydrogen-bond donors (Lipinski definition) is 1. The first-order valence-electron chi connectivity index (χ1n) is 6.78. The van der Waals surface area contributed by atoms with Gasteiger partial charge in [0.1, 0.15) is 0 Å². The second-order valence-corrected chi connectivity index (χ2v) is 8.43. The Morgan fingerprint density at radius 2 is 1.75 bits per heavy atom. The van der Waals surface area contributed by atoms with Crippen LogP contribution < -0.4 is 5.32 Å². The molecule has 0 saturated heterocycles. The van der Waals surface area contributed by atoms with Gasteiger partial charge in [0.25, 0.3) is 0 Å². The Morgan fingerprint density at radius 1 is 1.20 bits per heavy atom. The smallest absolute Gasteiger partial charge is 0.242 e. The van der Waals surface area contributed by atoms with Crippen molar-refractivity contribution >= 4 is 10.0 Å². The zero-order valence-electron chi connectivity index (χ0n) is 13.3. The summed E-state index contributed by atoms with van der Waals surface area (Å²) in [5.41, 5.74) is 0.916. The van der Waals surface area contributed by atoms with E-state index in [9.17, 15) is 8.42 Å². The highest BCUT2D eigenvalue weighted by molar-refractivity contribution is 7.89. The maximum Gasteiger partial charge on any atom is 0.242 e. The minimum absolute atomic E-state index is 0.0593. The minimum atomic E-state index is -3.40. The summed E-state index contributed by atoms with van der Waals surface area (Å²) in [5.74, 6) is 0. The van der Waals surface area contributed by atoms with Crippen molar-refractivity contribution in [3.63, 3.8) is 0 Å². The first kappa shape index (κ1) is 17.1. The van der Waals surface area contributed by atoms with Gasteiger partial charge >= 0.3 is 0 Å². The summed E-state index contributed by atoms with van der Waals surface area (Å²) >= 11 is 0. The summed E-state index contributed by atoms with van der Waals surface area (Å²) in [6.07, 6.45) is 0.684. The van der Waals surface area contributed by atoms with Crippen LogP contribution in [0.5, 0.6) is 0 Å². The van der Waals surface area contributed by atoms with Crippen molar-refractivity contribution in [2.24, 2.45) is 5.41 Å². The Labute approximate surface area is 123 Å². The third kappa shape index (κ3) is 3.81. The molecule has 0 radical (unpaired) electrons. The molecule has 114 valence electrons. The van der Waals surface area contributed by atoms with Gasteiger partial charge in [-0.05, 0) is 30.5 Å². The summed E-state index contributed by atoms with van der Waals surface area (Å²) < 4.78 is 26.0. The molecular formula is C15H26N2O2S. The number of hydrogen-bond acceptors (Lipinski definition) is 3. The fourth-order valence-electron chi connectivity index (χ4n) is 2.18. The molecule has 0 heterocycles. The van der Waals surface area contributed by atoms with Gasteiger partial charge in [0.2, 0.25) is 10.0 Å². The first-order valence-corrected chi connectivity index (χ1v) is 8.22. The van der Waals surface area contributed by atoms with Crippen LogP contribution >= 0.6 is 0 Å². The molecule has 0 aliphatic heterocycles. The van der Waals surface area contributed by atoms with E-state index in [1.165, 1.54) is 4.31 Å². The average molecular weight is 298 g/mol. The van der Waals surface area contributed by atoms with Crippen LogP contribution in [0.1, 0.15) is 26.3 Å². The highest BCUT2D eigenvalue weighted by Gasteiger charge is 2.27. The van der Waals surface area contributed by atoms with Crippen molar-refractivity contribution in [1.82, 2.24) is 9.62 Å². The average Bonchev–Trinajstić information content (AvgIpc) is 2.34. The summed E-state index contributed by atoms with van der Waals surface area (Å²) in [5, 5.41) is 3.29. The zero-order chi connectivity index (χ0) is 15.6. The van der Waals surface area contributed by atoms with Gasteiger partial charge in [-0.15, -0.1) is 0 Å². The first-order chi connectivity index (χ1) is 9.10. The molecule has 20 heavy (non-hydrogen) atoms. The lowest BCUT2D eigenvalue weighted by Gasteiger charge is -2.31. The molecule has 1 aromatic rings. The lowest BCUT2D eigenvalue weighted by Crippen LogP contribution is -2.40. The Bertz CT molecular complexity index is 545. The third-order valence-electron chi connectivity index (χ3n) is 3.55. The molecule has 1 aromatic carbocycles. The van der Waals surface area contributed by atoms with E-state index in [1.54, 1.807) is 26.2 Å². The molecule has 4 nitrogen and oxygen atoms in total. The van der Waals surface area contributed by atoms with E-state index in [4.69, 9.17) is 0 Å². The van der Waals surface area contributed by atoms with Crippen molar-refractivity contribution < 1.29 is 8.42 Å². The topological polar surface area (TPSA) is 49.4 Å². The van der Waals surface area contributed by atoms with Crippen molar-refractivity contribution in [2.75, 3.05) is 21.1 Å². The Hall–Kier alpha value is -0.910. The minimum Gasteiger partial charge on any atom is -0.316 e. The Kier molecular flexibility index (Phi) is 5.35. The van der Waals surface area contributed by atoms with Gasteiger partial charge in [0.05, 0.1) is 4.90 Å². The second-order valence-electron chi connectivity index (χ2n) is 6.31. The van der Waals surface area contributed by atoms with Crippen LogP contribution in [0, 0.1) is 5.41 Å². The normalized spacial score (nSPS) is 14.6. The Balaban J connectivity index is 3.22.